The lowest BCUT2D eigenvalue weighted by Crippen LogP contribution is -2.32. The summed E-state index contributed by atoms with van der Waals surface area (Å²) in [7, 11) is 0. The van der Waals surface area contributed by atoms with Crippen LogP contribution in [-0.4, -0.2) is 16.8 Å². The van der Waals surface area contributed by atoms with Gasteiger partial charge in [0.1, 0.15) is 5.75 Å². The third-order valence-corrected chi connectivity index (χ3v) is 3.12. The molecule has 0 saturated heterocycles. The number of aryl methyl sites for hydroxylation is 1. The fourth-order valence-electron chi connectivity index (χ4n) is 1.67. The molecule has 0 aliphatic carbocycles. The van der Waals surface area contributed by atoms with E-state index in [1.54, 1.807) is 0 Å². The Morgan fingerprint density at radius 3 is 2.41 bits per heavy atom. The highest BCUT2D eigenvalue weighted by atomic mass is 35.5. The number of aliphatic hydroxyl groups is 1. The van der Waals surface area contributed by atoms with E-state index in [0.29, 0.717) is 5.56 Å². The largest absolute Gasteiger partial charge is 0.507 e. The first kappa shape index (κ1) is 16.2. The highest BCUT2D eigenvalue weighted by Crippen LogP contribution is 2.36. The Bertz CT molecular complexity index is 366. The zero-order valence-corrected chi connectivity index (χ0v) is 11.4. The molecule has 1 atom stereocenters. The lowest BCUT2D eigenvalue weighted by atomic mass is 9.81. The van der Waals surface area contributed by atoms with Gasteiger partial charge in [-0.05, 0) is 12.0 Å². The fraction of sp³-hybridized carbons (Fsp3) is 0.538. The van der Waals surface area contributed by atoms with Gasteiger partial charge in [-0.3, -0.25) is 0 Å². The normalized spacial score (nSPS) is 13.0. The summed E-state index contributed by atoms with van der Waals surface area (Å²) in [5.74, 6) is 0.263. The molecule has 0 heterocycles. The summed E-state index contributed by atoms with van der Waals surface area (Å²) in [5, 5.41) is 19.3. The number of aliphatic hydroxyl groups excluding tert-OH is 1. The first-order chi connectivity index (χ1) is 7.44. The number of phenols is 1. The van der Waals surface area contributed by atoms with Crippen LogP contribution in [0.4, 0.5) is 0 Å². The maximum Gasteiger partial charge on any atom is 0.123 e. The van der Waals surface area contributed by atoms with Crippen molar-refractivity contribution in [2.45, 2.75) is 33.2 Å². The molecule has 0 fully saturated rings. The third kappa shape index (κ3) is 3.35. The molecule has 4 N–H and O–H groups in total. The summed E-state index contributed by atoms with van der Waals surface area (Å²) in [6.07, 6.45) is 0.770. The average molecular weight is 260 g/mol. The molecule has 1 aromatic carbocycles. The van der Waals surface area contributed by atoms with Crippen molar-refractivity contribution in [1.29, 1.82) is 0 Å². The van der Waals surface area contributed by atoms with Crippen molar-refractivity contribution in [1.82, 2.24) is 0 Å². The van der Waals surface area contributed by atoms with Crippen LogP contribution in [0.2, 0.25) is 0 Å². The van der Waals surface area contributed by atoms with Crippen molar-refractivity contribution in [3.05, 3.63) is 29.3 Å². The molecule has 0 spiro atoms. The lowest BCUT2D eigenvalue weighted by Gasteiger charge is -2.30. The highest BCUT2D eigenvalue weighted by molar-refractivity contribution is 5.85. The van der Waals surface area contributed by atoms with Crippen LogP contribution in [0.25, 0.3) is 0 Å². The summed E-state index contributed by atoms with van der Waals surface area (Å²) in [4.78, 5) is 0. The Kier molecular flexibility index (Phi) is 5.96. The number of phenolic OH excluding ortho intramolecular Hbond substituents is 1. The molecular formula is C13H22ClNO2. The van der Waals surface area contributed by atoms with Crippen LogP contribution < -0.4 is 5.73 Å². The minimum Gasteiger partial charge on any atom is -0.507 e. The quantitative estimate of drug-likeness (QED) is 0.778. The number of aromatic hydroxyl groups is 1. The molecule has 0 unspecified atom stereocenters. The van der Waals surface area contributed by atoms with Crippen molar-refractivity contribution >= 4 is 12.4 Å². The van der Waals surface area contributed by atoms with Gasteiger partial charge in [0, 0.05) is 23.6 Å². The van der Waals surface area contributed by atoms with Gasteiger partial charge >= 0.3 is 0 Å². The lowest BCUT2D eigenvalue weighted by molar-refractivity contribution is 0.131. The minimum absolute atomic E-state index is 0. The monoisotopic (exact) mass is 259 g/mol. The number of benzene rings is 1. The Labute approximate surface area is 109 Å². The van der Waals surface area contributed by atoms with Crippen LogP contribution in [0.15, 0.2) is 18.2 Å². The minimum atomic E-state index is -0.441. The van der Waals surface area contributed by atoms with E-state index in [0.717, 1.165) is 12.0 Å². The third-order valence-electron chi connectivity index (χ3n) is 3.12. The number of rotatable bonds is 4. The molecule has 1 aromatic rings. The van der Waals surface area contributed by atoms with Gasteiger partial charge in [0.05, 0.1) is 0 Å². The summed E-state index contributed by atoms with van der Waals surface area (Å²) in [6.45, 7) is 5.75. The van der Waals surface area contributed by atoms with E-state index < -0.39 is 5.41 Å². The number of nitrogens with two attached hydrogens (primary N) is 1. The predicted octanol–water partition coefficient (Wildman–Crippen LogP) is 2.39. The van der Waals surface area contributed by atoms with Gasteiger partial charge in [-0.25, -0.2) is 0 Å². The first-order valence-corrected chi connectivity index (χ1v) is 5.61. The molecule has 0 aromatic heterocycles. The molecule has 17 heavy (non-hydrogen) atoms. The van der Waals surface area contributed by atoms with Crippen molar-refractivity contribution in [2.75, 3.05) is 6.61 Å². The van der Waals surface area contributed by atoms with Crippen LogP contribution in [0, 0.1) is 5.41 Å². The molecule has 0 aliphatic rings. The Hall–Kier alpha value is -0.770. The fourth-order valence-corrected chi connectivity index (χ4v) is 1.67. The second-order valence-electron chi connectivity index (χ2n) is 4.83. The van der Waals surface area contributed by atoms with E-state index in [2.05, 4.69) is 0 Å². The topological polar surface area (TPSA) is 66.5 Å². The number of hydrogen-bond donors (Lipinski definition) is 3. The molecular weight excluding hydrogens is 238 g/mol. The molecule has 0 aliphatic heterocycles. The Morgan fingerprint density at radius 2 is 1.94 bits per heavy atom. The molecule has 0 amide bonds. The first-order valence-electron chi connectivity index (χ1n) is 5.61. The number of para-hydroxylation sites is 1. The van der Waals surface area contributed by atoms with Crippen LogP contribution in [-0.2, 0) is 6.42 Å². The van der Waals surface area contributed by atoms with Crippen molar-refractivity contribution in [3.63, 3.8) is 0 Å². The molecule has 4 heteroatoms. The van der Waals surface area contributed by atoms with E-state index in [-0.39, 0.29) is 30.8 Å². The van der Waals surface area contributed by atoms with Gasteiger partial charge in [0.15, 0.2) is 0 Å². The molecule has 0 saturated carbocycles. The summed E-state index contributed by atoms with van der Waals surface area (Å²) < 4.78 is 0. The Morgan fingerprint density at radius 1 is 1.35 bits per heavy atom. The number of halogens is 1. The van der Waals surface area contributed by atoms with Gasteiger partial charge < -0.3 is 15.9 Å². The maximum atomic E-state index is 10.1. The molecule has 1 rings (SSSR count). The van der Waals surface area contributed by atoms with Gasteiger partial charge in [-0.1, -0.05) is 39.0 Å². The van der Waals surface area contributed by atoms with E-state index in [1.165, 1.54) is 0 Å². The van der Waals surface area contributed by atoms with Crippen LogP contribution in [0.1, 0.15) is 37.9 Å². The van der Waals surface area contributed by atoms with E-state index in [4.69, 9.17) is 5.73 Å². The van der Waals surface area contributed by atoms with Gasteiger partial charge in [0.25, 0.3) is 0 Å². The Balaban J connectivity index is 0.00000256. The van der Waals surface area contributed by atoms with Gasteiger partial charge in [0.2, 0.25) is 0 Å². The van der Waals surface area contributed by atoms with Gasteiger partial charge in [-0.15, -0.1) is 12.4 Å². The maximum absolute atomic E-state index is 10.1. The van der Waals surface area contributed by atoms with Crippen LogP contribution in [0.5, 0.6) is 5.75 Å². The van der Waals surface area contributed by atoms with E-state index >= 15 is 0 Å². The van der Waals surface area contributed by atoms with Crippen LogP contribution >= 0.6 is 12.4 Å². The van der Waals surface area contributed by atoms with Crippen molar-refractivity contribution in [3.8, 4) is 5.75 Å². The molecule has 0 radical (unpaired) electrons. The highest BCUT2D eigenvalue weighted by Gasteiger charge is 2.29. The molecule has 98 valence electrons. The van der Waals surface area contributed by atoms with Crippen molar-refractivity contribution in [2.24, 2.45) is 11.1 Å². The van der Waals surface area contributed by atoms with Gasteiger partial charge in [-0.2, -0.15) is 0 Å². The summed E-state index contributed by atoms with van der Waals surface area (Å²) in [5.41, 5.74) is 7.24. The van der Waals surface area contributed by atoms with E-state index in [9.17, 15) is 10.2 Å². The predicted molar refractivity (Wildman–Crippen MR) is 72.5 cm³/mol. The summed E-state index contributed by atoms with van der Waals surface area (Å²) >= 11 is 0. The van der Waals surface area contributed by atoms with E-state index in [1.807, 2.05) is 39.0 Å². The van der Waals surface area contributed by atoms with Crippen LogP contribution in [0.3, 0.4) is 0 Å². The zero-order valence-electron chi connectivity index (χ0n) is 10.6. The average Bonchev–Trinajstić information content (AvgIpc) is 2.28. The second-order valence-corrected chi connectivity index (χ2v) is 4.83. The SMILES string of the molecule is CCc1cccc([C@@H](N)C(C)(C)CO)c1O.Cl. The number of hydrogen-bond acceptors (Lipinski definition) is 3. The second kappa shape index (κ2) is 6.24. The van der Waals surface area contributed by atoms with Crippen molar-refractivity contribution < 1.29 is 10.2 Å². The summed E-state index contributed by atoms with van der Waals surface area (Å²) in [6, 6.07) is 5.22. The molecule has 0 bridgehead atoms. The zero-order chi connectivity index (χ0) is 12.3. The smallest absolute Gasteiger partial charge is 0.123 e. The molecule has 3 nitrogen and oxygen atoms in total. The standard InChI is InChI=1S/C13H21NO2.ClH/c1-4-9-6-5-7-10(11(9)16)12(14)13(2,3)8-15;/h5-7,12,15-16H,4,8,14H2,1-3H3;1H/t12-;/m1./s1.